The molecule has 2 rings (SSSR count). The first-order chi connectivity index (χ1) is 9.63. The number of nitrogens with two attached hydrogens (primary N) is 2. The Balaban J connectivity index is 0.000000204. The lowest BCUT2D eigenvalue weighted by molar-refractivity contribution is 0.666. The van der Waals surface area contributed by atoms with Gasteiger partial charge in [-0.25, -0.2) is 0 Å². The van der Waals surface area contributed by atoms with Gasteiger partial charge in [-0.05, 0) is 37.0 Å². The van der Waals surface area contributed by atoms with Crippen molar-refractivity contribution in [3.05, 3.63) is 70.7 Å². The Bertz CT molecular complexity index is 483. The van der Waals surface area contributed by atoms with Crippen LogP contribution in [0.5, 0.6) is 0 Å². The van der Waals surface area contributed by atoms with E-state index >= 15 is 0 Å². The van der Waals surface area contributed by atoms with E-state index in [-0.39, 0.29) is 0 Å². The molecule has 0 fully saturated rings. The zero-order chi connectivity index (χ0) is 14.8. The fraction of sp³-hybridized carbons (Fsp3) is 0.294. The lowest BCUT2D eigenvalue weighted by Crippen LogP contribution is -2.15. The average Bonchev–Trinajstić information content (AvgIpc) is 2.47. The Kier molecular flexibility index (Phi) is 7.97. The highest BCUT2D eigenvalue weighted by Crippen LogP contribution is 2.13. The molecule has 2 aromatic carbocycles. The maximum atomic E-state index is 5.74. The summed E-state index contributed by atoms with van der Waals surface area (Å²) < 4.78 is 0. The highest BCUT2D eigenvalue weighted by molar-refractivity contribution is 6.31. The Morgan fingerprint density at radius 1 is 1.00 bits per heavy atom. The largest absolute Gasteiger partial charge is 0.328 e. The number of rotatable bonds is 4. The maximum absolute atomic E-state index is 5.74. The molecule has 0 aliphatic carbocycles. The third kappa shape index (κ3) is 6.71. The quantitative estimate of drug-likeness (QED) is 0.901. The van der Waals surface area contributed by atoms with Crippen molar-refractivity contribution in [3.8, 4) is 0 Å². The van der Waals surface area contributed by atoms with Crippen LogP contribution in [0.3, 0.4) is 0 Å². The van der Waals surface area contributed by atoms with Gasteiger partial charge in [0.15, 0.2) is 0 Å². The topological polar surface area (TPSA) is 52.0 Å². The van der Waals surface area contributed by atoms with Gasteiger partial charge in [0.05, 0.1) is 0 Å². The summed E-state index contributed by atoms with van der Waals surface area (Å²) in [4.78, 5) is 0. The molecule has 2 aromatic rings. The van der Waals surface area contributed by atoms with Crippen molar-refractivity contribution >= 4 is 11.6 Å². The third-order valence-corrected chi connectivity index (χ3v) is 3.28. The summed E-state index contributed by atoms with van der Waals surface area (Å²) in [5.74, 6) is 0. The molecule has 4 N–H and O–H groups in total. The van der Waals surface area contributed by atoms with E-state index in [1.165, 1.54) is 5.56 Å². The summed E-state index contributed by atoms with van der Waals surface area (Å²) >= 11 is 5.74. The number of hydrogen-bond acceptors (Lipinski definition) is 2. The summed E-state index contributed by atoms with van der Waals surface area (Å²) in [6, 6.07) is 18.3. The van der Waals surface area contributed by atoms with Gasteiger partial charge in [0.1, 0.15) is 0 Å². The van der Waals surface area contributed by atoms with Gasteiger partial charge in [0.2, 0.25) is 0 Å². The number of benzene rings is 2. The predicted molar refractivity (Wildman–Crippen MR) is 87.8 cm³/mol. The molecule has 0 heterocycles. The molecule has 0 saturated carbocycles. The lowest BCUT2D eigenvalue weighted by Gasteiger charge is -2.03. The predicted octanol–water partition coefficient (Wildman–Crippen LogP) is 3.77. The van der Waals surface area contributed by atoms with Gasteiger partial charge in [-0.1, -0.05) is 60.1 Å². The number of halogens is 1. The molecule has 0 spiro atoms. The fourth-order valence-corrected chi connectivity index (χ4v) is 1.92. The van der Waals surface area contributed by atoms with Gasteiger partial charge < -0.3 is 11.5 Å². The molecule has 20 heavy (non-hydrogen) atoms. The van der Waals surface area contributed by atoms with Crippen LogP contribution in [0.1, 0.15) is 24.5 Å². The second kappa shape index (κ2) is 9.54. The molecular formula is C17H23ClN2. The van der Waals surface area contributed by atoms with E-state index in [0.29, 0.717) is 12.6 Å². The van der Waals surface area contributed by atoms with Crippen LogP contribution < -0.4 is 11.5 Å². The Morgan fingerprint density at radius 2 is 1.60 bits per heavy atom. The molecule has 0 aromatic heterocycles. The molecule has 1 unspecified atom stereocenters. The molecule has 0 radical (unpaired) electrons. The minimum atomic E-state index is 0.315. The second-order valence-corrected chi connectivity index (χ2v) is 5.20. The van der Waals surface area contributed by atoms with Gasteiger partial charge in [-0.3, -0.25) is 0 Å². The zero-order valence-electron chi connectivity index (χ0n) is 11.9. The second-order valence-electron chi connectivity index (χ2n) is 4.80. The molecule has 0 aliphatic heterocycles. The highest BCUT2D eigenvalue weighted by Gasteiger charge is 1.94. The van der Waals surface area contributed by atoms with Crippen molar-refractivity contribution < 1.29 is 0 Å². The smallest absolute Gasteiger partial charge is 0.0450 e. The summed E-state index contributed by atoms with van der Waals surface area (Å²) in [5.41, 5.74) is 13.4. The van der Waals surface area contributed by atoms with Crippen molar-refractivity contribution in [2.75, 3.05) is 0 Å². The summed E-state index contributed by atoms with van der Waals surface area (Å²) in [6.45, 7) is 2.56. The van der Waals surface area contributed by atoms with E-state index in [0.717, 1.165) is 23.4 Å². The molecule has 0 amide bonds. The lowest BCUT2D eigenvalue weighted by atomic mass is 10.1. The minimum absolute atomic E-state index is 0.315. The molecular weight excluding hydrogens is 268 g/mol. The standard InChI is InChI=1S/C10H15N.C7H8ClN/c1-9(11)7-8-10-5-3-2-4-6-10;8-7-4-2-1-3-6(7)5-9/h2-6,9H,7-8,11H2,1H3;1-4H,5,9H2. The molecule has 108 valence electrons. The van der Waals surface area contributed by atoms with Crippen molar-refractivity contribution in [1.82, 2.24) is 0 Å². The molecule has 0 bridgehead atoms. The number of hydrogen-bond donors (Lipinski definition) is 2. The third-order valence-electron chi connectivity index (χ3n) is 2.91. The van der Waals surface area contributed by atoms with E-state index in [1.807, 2.05) is 37.3 Å². The Hall–Kier alpha value is -1.35. The highest BCUT2D eigenvalue weighted by atomic mass is 35.5. The average molecular weight is 291 g/mol. The summed E-state index contributed by atoms with van der Waals surface area (Å²) in [5, 5.41) is 0.750. The van der Waals surface area contributed by atoms with Crippen LogP contribution in [-0.4, -0.2) is 6.04 Å². The van der Waals surface area contributed by atoms with E-state index < -0.39 is 0 Å². The van der Waals surface area contributed by atoms with Crippen molar-refractivity contribution in [2.45, 2.75) is 32.4 Å². The van der Waals surface area contributed by atoms with Gasteiger partial charge >= 0.3 is 0 Å². The fourth-order valence-electron chi connectivity index (χ4n) is 1.70. The number of aryl methyl sites for hydroxylation is 1. The molecule has 1 atom stereocenters. The first-order valence-corrected chi connectivity index (χ1v) is 7.24. The van der Waals surface area contributed by atoms with Gasteiger partial charge in [-0.2, -0.15) is 0 Å². The molecule has 0 saturated heterocycles. The van der Waals surface area contributed by atoms with Crippen molar-refractivity contribution in [1.29, 1.82) is 0 Å². The SMILES string of the molecule is CC(N)CCc1ccccc1.NCc1ccccc1Cl. The van der Waals surface area contributed by atoms with E-state index in [2.05, 4.69) is 24.3 Å². The zero-order valence-corrected chi connectivity index (χ0v) is 12.7. The van der Waals surface area contributed by atoms with Gasteiger partial charge in [0.25, 0.3) is 0 Å². The van der Waals surface area contributed by atoms with Gasteiger partial charge in [0, 0.05) is 17.6 Å². The van der Waals surface area contributed by atoms with E-state index in [4.69, 9.17) is 23.1 Å². The van der Waals surface area contributed by atoms with E-state index in [9.17, 15) is 0 Å². The van der Waals surface area contributed by atoms with Gasteiger partial charge in [-0.15, -0.1) is 0 Å². The first-order valence-electron chi connectivity index (χ1n) is 6.86. The summed E-state index contributed by atoms with van der Waals surface area (Å²) in [7, 11) is 0. The van der Waals surface area contributed by atoms with E-state index in [1.54, 1.807) is 0 Å². The summed E-state index contributed by atoms with van der Waals surface area (Å²) in [6.07, 6.45) is 2.17. The Morgan fingerprint density at radius 3 is 2.10 bits per heavy atom. The molecule has 0 aliphatic rings. The van der Waals surface area contributed by atoms with Crippen LogP contribution in [-0.2, 0) is 13.0 Å². The normalized spacial score (nSPS) is 11.4. The van der Waals surface area contributed by atoms with Crippen LogP contribution in [0.4, 0.5) is 0 Å². The van der Waals surface area contributed by atoms with Crippen LogP contribution in [0.15, 0.2) is 54.6 Å². The van der Waals surface area contributed by atoms with Crippen LogP contribution >= 0.6 is 11.6 Å². The minimum Gasteiger partial charge on any atom is -0.328 e. The van der Waals surface area contributed by atoms with Crippen molar-refractivity contribution in [2.24, 2.45) is 11.5 Å². The Labute approximate surface area is 126 Å². The van der Waals surface area contributed by atoms with Crippen LogP contribution in [0, 0.1) is 0 Å². The molecule has 3 heteroatoms. The molecule has 2 nitrogen and oxygen atoms in total. The van der Waals surface area contributed by atoms with Crippen LogP contribution in [0.25, 0.3) is 0 Å². The maximum Gasteiger partial charge on any atom is 0.0450 e. The van der Waals surface area contributed by atoms with Crippen molar-refractivity contribution in [3.63, 3.8) is 0 Å². The van der Waals surface area contributed by atoms with Crippen LogP contribution in [0.2, 0.25) is 5.02 Å². The monoisotopic (exact) mass is 290 g/mol. The first kappa shape index (κ1) is 16.7.